The van der Waals surface area contributed by atoms with Crippen LogP contribution in [0.5, 0.6) is 0 Å². The summed E-state index contributed by atoms with van der Waals surface area (Å²) in [6, 6.07) is 3.81. The Morgan fingerprint density at radius 2 is 1.04 bits per heavy atom. The molecule has 3 aromatic heterocycles. The minimum Gasteiger partial charge on any atom is -0.397 e. The van der Waals surface area contributed by atoms with E-state index in [2.05, 4.69) is 25.0 Å². The summed E-state index contributed by atoms with van der Waals surface area (Å²) >= 11 is 0. The Balaban J connectivity index is 0. The molecule has 3 fully saturated rings. The fourth-order valence-electron chi connectivity index (χ4n) is 4.75. The second kappa shape index (κ2) is 28.7. The van der Waals surface area contributed by atoms with Gasteiger partial charge in [0.05, 0.1) is 0 Å². The van der Waals surface area contributed by atoms with Crippen LogP contribution in [-0.4, -0.2) is 71.8 Å². The zero-order valence-electron chi connectivity index (χ0n) is 28.9. The van der Waals surface area contributed by atoms with Gasteiger partial charge < -0.3 is 36.1 Å². The topological polar surface area (TPSA) is 346 Å². The van der Waals surface area contributed by atoms with Gasteiger partial charge >= 0.3 is 35.9 Å². The second-order valence-corrected chi connectivity index (χ2v) is 10.3. The summed E-state index contributed by atoms with van der Waals surface area (Å²) in [5, 5.41) is 12.2. The first-order valence-corrected chi connectivity index (χ1v) is 14.7. The Morgan fingerprint density at radius 3 is 1.33 bits per heavy atom. The van der Waals surface area contributed by atoms with Gasteiger partial charge in [0.1, 0.15) is 18.7 Å². The molecule has 0 aliphatic carbocycles. The van der Waals surface area contributed by atoms with Gasteiger partial charge in [-0.3, -0.25) is 67.2 Å². The molecule has 6 N–H and O–H groups in total. The largest absolute Gasteiger partial charge is 1.00 e. The maximum absolute atomic E-state index is 11.5. The first kappa shape index (κ1) is 54.5. The van der Waals surface area contributed by atoms with Gasteiger partial charge in [-0.05, 0) is 24.3 Å². The minimum absolute atomic E-state index is 0. The zero-order chi connectivity index (χ0) is 36.6. The third-order valence-corrected chi connectivity index (χ3v) is 7.02. The summed E-state index contributed by atoms with van der Waals surface area (Å²) < 4.78 is 20.3. The number of nitrogens with one attached hydrogen (secondary N) is 3. The standard InChI is InChI=1S/C9H10N5O3.C9H12N3O3.C9H11N2O4.Li.N3.3Y/c10-13-11-5-6-1-2-8(17-6)14-4-3-7(15)12-9(14)16;10-5-6-1-2-8(15-6)12-4-3-7(13)11-9(12)14;12-5-6-1-2-8(15-6)11-4-3-7(13)10-9(11)14;;1-3-2;;;/h1,3-4,6,8H,2,5H2,(H,12,15,16);1,3-4,6,8H,2,5,10H2,(H,11,13,14);1,3-4,6,8,12H,2,5H2,(H,10,13,14);;;;;/q3*-1;+1;-1;;;. The second-order valence-electron chi connectivity index (χ2n) is 10.3. The summed E-state index contributed by atoms with van der Waals surface area (Å²) in [4.78, 5) is 77.4. The van der Waals surface area contributed by atoms with Crippen molar-refractivity contribution in [2.75, 3.05) is 19.7 Å². The number of nitrogens with zero attached hydrogens (tertiary/aromatic N) is 9. The van der Waals surface area contributed by atoms with Gasteiger partial charge in [-0.2, -0.15) is 0 Å². The fourth-order valence-corrected chi connectivity index (χ4v) is 4.75. The van der Waals surface area contributed by atoms with Crippen LogP contribution in [0, 0.1) is 19.3 Å². The number of azide groups is 1. The molecule has 6 unspecified atom stereocenters. The van der Waals surface area contributed by atoms with Crippen LogP contribution < -0.4 is 58.3 Å². The van der Waals surface area contributed by atoms with Crippen LogP contribution in [0.3, 0.4) is 0 Å². The van der Waals surface area contributed by atoms with Gasteiger partial charge in [0.2, 0.25) is 0 Å². The van der Waals surface area contributed by atoms with E-state index in [1.165, 1.54) is 55.4 Å². The molecule has 23 nitrogen and oxygen atoms in total. The molecule has 3 aliphatic rings. The van der Waals surface area contributed by atoms with Crippen molar-refractivity contribution in [3.63, 3.8) is 0 Å². The first-order chi connectivity index (χ1) is 24.0. The summed E-state index contributed by atoms with van der Waals surface area (Å²) in [5.41, 5.74) is 24.4. The molecule has 54 heavy (non-hydrogen) atoms. The number of hydrogen-bond acceptors (Lipinski definition) is 12. The molecule has 0 saturated carbocycles. The van der Waals surface area contributed by atoms with Crippen molar-refractivity contribution in [2.45, 2.75) is 56.3 Å². The van der Waals surface area contributed by atoms with Crippen molar-refractivity contribution < 1.29 is 136 Å². The van der Waals surface area contributed by atoms with Crippen LogP contribution in [0.15, 0.2) is 70.7 Å². The van der Waals surface area contributed by atoms with E-state index in [1.807, 2.05) is 12.8 Å². The van der Waals surface area contributed by atoms with E-state index >= 15 is 0 Å². The van der Waals surface area contributed by atoms with Gasteiger partial charge in [0.15, 0.2) is 0 Å². The van der Waals surface area contributed by atoms with Crippen LogP contribution in [0.4, 0.5) is 0 Å². The van der Waals surface area contributed by atoms with Crippen LogP contribution in [0.2, 0.25) is 0 Å². The Morgan fingerprint density at radius 1 is 0.704 bits per heavy atom. The third kappa shape index (κ3) is 17.2. The number of aromatic amines is 3. The maximum Gasteiger partial charge on any atom is 1.00 e. The predicted molar refractivity (Wildman–Crippen MR) is 173 cm³/mol. The molecule has 6 heterocycles. The molecule has 3 aromatic rings. The molecule has 3 aliphatic heterocycles. The Labute approximate surface area is 392 Å². The molecule has 6 rings (SSSR count). The van der Waals surface area contributed by atoms with Crippen LogP contribution in [0.1, 0.15) is 37.9 Å². The smallest absolute Gasteiger partial charge is 0.397 e. The van der Waals surface area contributed by atoms with Crippen LogP contribution in [-0.2, 0) is 112 Å². The summed E-state index contributed by atoms with van der Waals surface area (Å²) in [5.74, 6) is 0. The Bertz CT molecular complexity index is 1930. The molecular weight excluding hydrogens is 940 g/mol. The quantitative estimate of drug-likeness (QED) is 0.0503. The average molecular weight is 973 g/mol. The number of nitrogens with two attached hydrogens (primary N) is 1. The van der Waals surface area contributed by atoms with Gasteiger partial charge in [-0.25, -0.2) is 14.4 Å². The van der Waals surface area contributed by atoms with Crippen molar-refractivity contribution in [1.29, 1.82) is 0 Å². The monoisotopic (exact) mass is 973 g/mol. The van der Waals surface area contributed by atoms with Crippen molar-refractivity contribution in [2.24, 2.45) is 10.8 Å². The number of H-pyrrole nitrogens is 3. The van der Waals surface area contributed by atoms with Crippen LogP contribution >= 0.6 is 0 Å². The van der Waals surface area contributed by atoms with Crippen molar-refractivity contribution in [1.82, 2.24) is 28.7 Å². The molecule has 0 bridgehead atoms. The van der Waals surface area contributed by atoms with Gasteiger partial charge in [-0.15, -0.1) is 19.3 Å². The number of hydrogen-bond donors (Lipinski definition) is 5. The van der Waals surface area contributed by atoms with Crippen LogP contribution in [0.25, 0.3) is 26.4 Å². The summed E-state index contributed by atoms with van der Waals surface area (Å²) in [7, 11) is 0. The average Bonchev–Trinajstić information content (AvgIpc) is 3.87. The third-order valence-electron chi connectivity index (χ3n) is 7.02. The van der Waals surface area contributed by atoms with Gasteiger partial charge in [0.25, 0.3) is 16.7 Å². The van der Waals surface area contributed by atoms with Crippen molar-refractivity contribution in [3.8, 4) is 0 Å². The first-order valence-electron chi connectivity index (χ1n) is 14.7. The van der Waals surface area contributed by atoms with E-state index in [9.17, 15) is 28.8 Å². The number of rotatable bonds is 7. The van der Waals surface area contributed by atoms with Gasteiger partial charge in [-0.1, -0.05) is 11.2 Å². The predicted octanol–water partition coefficient (Wildman–Crippen LogP) is -3.79. The van der Waals surface area contributed by atoms with Crippen molar-refractivity contribution in [3.05, 3.63) is 145 Å². The summed E-state index contributed by atoms with van der Waals surface area (Å²) in [6.45, 7) is 0.494. The molecule has 0 amide bonds. The summed E-state index contributed by atoms with van der Waals surface area (Å²) in [6.07, 6.45) is 9.42. The zero-order valence-corrected chi connectivity index (χ0v) is 37.4. The van der Waals surface area contributed by atoms with E-state index < -0.39 is 46.2 Å². The molecule has 6 atom stereocenters. The Kier molecular flexibility index (Phi) is 29.0. The number of aliphatic hydroxyl groups excluding tert-OH is 1. The molecule has 3 radical (unpaired) electrons. The van der Waals surface area contributed by atoms with E-state index in [1.54, 1.807) is 6.42 Å². The Hall–Kier alpha value is -1.63. The molecular formula is C27H33LiN13O10Y3-3. The number of aliphatic hydroxyl groups is 1. The fraction of sp³-hybridized carbons (Fsp3) is 0.444. The van der Waals surface area contributed by atoms with E-state index in [0.717, 1.165) is 0 Å². The molecule has 0 spiro atoms. The van der Waals surface area contributed by atoms with E-state index in [-0.39, 0.29) is 155 Å². The molecule has 27 heteroatoms. The van der Waals surface area contributed by atoms with Gasteiger partial charge in [0, 0.05) is 153 Å². The molecule has 3 saturated heterocycles. The van der Waals surface area contributed by atoms with Crippen molar-refractivity contribution >= 4 is 0 Å². The minimum atomic E-state index is -0.514. The SMILES string of the molecule is NCC1[CH-]CC(n2ccc(=O)[nH]c2=O)O1.O=c1ccn(C2C[CH-]C(CO)O2)c(=O)[nH]1.[Li+].[N-]=[N+]=NCC1[CH-]CC(n2ccc(=O)[nH]c2=O)O1.[N-]=[N+]=[N-].[Y].[Y].[Y]. The number of ether oxygens (including phenoxy) is 3. The maximum atomic E-state index is 11.5. The normalized spacial score (nSPS) is 21.7. The number of aromatic nitrogens is 6. The van der Waals surface area contributed by atoms with E-state index in [4.69, 9.17) is 41.6 Å². The molecule has 0 aromatic carbocycles. The molecule has 279 valence electrons. The van der Waals surface area contributed by atoms with E-state index in [0.29, 0.717) is 25.8 Å².